The number of rotatable bonds is 6. The fourth-order valence-electron chi connectivity index (χ4n) is 1.68. The molecule has 0 fully saturated rings. The number of nitrogens with one attached hydrogen (secondary N) is 1. The molecule has 0 aliphatic rings. The normalized spacial score (nSPS) is 10.2. The molecular weight excluding hydrogens is 228 g/mol. The molecule has 0 spiro atoms. The average molecular weight is 244 g/mol. The second kappa shape index (κ2) is 6.59. The quantitative estimate of drug-likeness (QED) is 0.625. The number of hydrogen-bond donors (Lipinski definition) is 1. The van der Waals surface area contributed by atoms with Crippen molar-refractivity contribution in [3.05, 3.63) is 54.1 Å². The zero-order valence-corrected chi connectivity index (χ0v) is 10.1. The molecule has 2 rings (SSSR count). The fourth-order valence-corrected chi connectivity index (χ4v) is 1.68. The lowest BCUT2D eigenvalue weighted by molar-refractivity contribution is -0.142. The number of carbonyl (C=O) groups is 1. The third kappa shape index (κ3) is 4.05. The van der Waals surface area contributed by atoms with E-state index in [4.69, 9.17) is 4.74 Å². The van der Waals surface area contributed by atoms with Gasteiger partial charge in [-0.15, -0.1) is 0 Å². The van der Waals surface area contributed by atoms with Crippen LogP contribution in [0.1, 0.15) is 17.7 Å². The van der Waals surface area contributed by atoms with E-state index in [-0.39, 0.29) is 5.97 Å². The minimum Gasteiger partial charge on any atom is -0.465 e. The van der Waals surface area contributed by atoms with Crippen molar-refractivity contribution in [1.82, 2.24) is 9.97 Å². The standard InChI is InChI=1S/C14H16N2O2/c17-14(9-12-5-2-1-3-6-12)18-8-4-7-13-10-15-11-16-13/h1-3,5-6,10-11H,4,7-9H2,(H,15,16). The van der Waals surface area contributed by atoms with Crippen molar-refractivity contribution >= 4 is 5.97 Å². The van der Waals surface area contributed by atoms with Gasteiger partial charge in [-0.25, -0.2) is 4.98 Å². The number of aromatic amines is 1. The Morgan fingerprint density at radius 1 is 1.28 bits per heavy atom. The molecule has 1 aromatic heterocycles. The van der Waals surface area contributed by atoms with Crippen LogP contribution < -0.4 is 0 Å². The Morgan fingerprint density at radius 3 is 2.83 bits per heavy atom. The van der Waals surface area contributed by atoms with Gasteiger partial charge in [0.05, 0.1) is 19.4 Å². The number of esters is 1. The Labute approximate surface area is 106 Å². The van der Waals surface area contributed by atoms with E-state index in [2.05, 4.69) is 9.97 Å². The lowest BCUT2D eigenvalue weighted by Crippen LogP contribution is -2.09. The highest BCUT2D eigenvalue weighted by atomic mass is 16.5. The SMILES string of the molecule is O=C(Cc1ccccc1)OCCCc1cnc[nH]1. The van der Waals surface area contributed by atoms with Gasteiger partial charge in [0.1, 0.15) is 0 Å². The molecule has 18 heavy (non-hydrogen) atoms. The number of aromatic nitrogens is 2. The maximum atomic E-state index is 11.5. The summed E-state index contributed by atoms with van der Waals surface area (Å²) < 4.78 is 5.17. The lowest BCUT2D eigenvalue weighted by Gasteiger charge is -2.04. The fraction of sp³-hybridized carbons (Fsp3) is 0.286. The molecule has 4 nitrogen and oxygen atoms in total. The van der Waals surface area contributed by atoms with Crippen LogP contribution in [0.5, 0.6) is 0 Å². The first kappa shape index (κ1) is 12.4. The van der Waals surface area contributed by atoms with Crippen molar-refractivity contribution in [1.29, 1.82) is 0 Å². The van der Waals surface area contributed by atoms with Crippen LogP contribution in [0.2, 0.25) is 0 Å². The number of aryl methyl sites for hydroxylation is 1. The number of nitrogens with zero attached hydrogens (tertiary/aromatic N) is 1. The van der Waals surface area contributed by atoms with E-state index in [0.29, 0.717) is 13.0 Å². The Morgan fingerprint density at radius 2 is 2.11 bits per heavy atom. The average Bonchev–Trinajstić information content (AvgIpc) is 2.89. The molecule has 0 aliphatic carbocycles. The molecule has 1 N–H and O–H groups in total. The minimum atomic E-state index is -0.175. The molecule has 0 atom stereocenters. The number of imidazole rings is 1. The summed E-state index contributed by atoms with van der Waals surface area (Å²) in [6, 6.07) is 9.61. The summed E-state index contributed by atoms with van der Waals surface area (Å²) in [6.07, 6.45) is 5.43. The summed E-state index contributed by atoms with van der Waals surface area (Å²) in [5.74, 6) is -0.175. The second-order valence-electron chi connectivity index (χ2n) is 4.06. The van der Waals surface area contributed by atoms with Crippen molar-refractivity contribution in [3.8, 4) is 0 Å². The predicted octanol–water partition coefficient (Wildman–Crippen LogP) is 2.13. The van der Waals surface area contributed by atoms with E-state index in [1.54, 1.807) is 12.5 Å². The number of carbonyl (C=O) groups excluding carboxylic acids is 1. The van der Waals surface area contributed by atoms with Gasteiger partial charge >= 0.3 is 5.97 Å². The van der Waals surface area contributed by atoms with Crippen molar-refractivity contribution in [2.45, 2.75) is 19.3 Å². The number of hydrogen-bond acceptors (Lipinski definition) is 3. The van der Waals surface area contributed by atoms with Crippen LogP contribution in [0.25, 0.3) is 0 Å². The molecule has 94 valence electrons. The first-order valence-electron chi connectivity index (χ1n) is 6.01. The Balaban J connectivity index is 1.63. The van der Waals surface area contributed by atoms with Gasteiger partial charge in [0, 0.05) is 11.9 Å². The molecule has 0 unspecified atom stereocenters. The molecule has 0 radical (unpaired) electrons. The molecule has 1 aromatic carbocycles. The first-order chi connectivity index (χ1) is 8.84. The monoisotopic (exact) mass is 244 g/mol. The molecule has 0 bridgehead atoms. The summed E-state index contributed by atoms with van der Waals surface area (Å²) in [6.45, 7) is 0.449. The maximum Gasteiger partial charge on any atom is 0.310 e. The third-order valence-corrected chi connectivity index (χ3v) is 2.60. The first-order valence-corrected chi connectivity index (χ1v) is 6.01. The van der Waals surface area contributed by atoms with Crippen molar-refractivity contribution in [2.75, 3.05) is 6.61 Å². The second-order valence-corrected chi connectivity index (χ2v) is 4.06. The Bertz CT molecular complexity index is 466. The molecule has 0 aliphatic heterocycles. The summed E-state index contributed by atoms with van der Waals surface area (Å²) in [7, 11) is 0. The summed E-state index contributed by atoms with van der Waals surface area (Å²) in [5, 5.41) is 0. The highest BCUT2D eigenvalue weighted by Crippen LogP contribution is 2.02. The minimum absolute atomic E-state index is 0.175. The predicted molar refractivity (Wildman–Crippen MR) is 68.0 cm³/mol. The molecule has 0 saturated carbocycles. The zero-order valence-electron chi connectivity index (χ0n) is 10.1. The molecule has 0 saturated heterocycles. The maximum absolute atomic E-state index is 11.5. The highest BCUT2D eigenvalue weighted by molar-refractivity contribution is 5.72. The van der Waals surface area contributed by atoms with Crippen LogP contribution in [0.15, 0.2) is 42.9 Å². The van der Waals surface area contributed by atoms with Gasteiger partial charge in [-0.3, -0.25) is 4.79 Å². The summed E-state index contributed by atoms with van der Waals surface area (Å²) in [4.78, 5) is 18.5. The molecular formula is C14H16N2O2. The van der Waals surface area contributed by atoms with Crippen LogP contribution in [-0.2, 0) is 22.4 Å². The van der Waals surface area contributed by atoms with E-state index in [1.165, 1.54) is 0 Å². The van der Waals surface area contributed by atoms with Crippen LogP contribution in [-0.4, -0.2) is 22.5 Å². The van der Waals surface area contributed by atoms with Gasteiger partial charge in [0.25, 0.3) is 0 Å². The molecule has 0 amide bonds. The van der Waals surface area contributed by atoms with Crippen molar-refractivity contribution in [2.24, 2.45) is 0 Å². The third-order valence-electron chi connectivity index (χ3n) is 2.60. The van der Waals surface area contributed by atoms with E-state index in [1.807, 2.05) is 30.3 Å². The lowest BCUT2D eigenvalue weighted by atomic mass is 10.2. The van der Waals surface area contributed by atoms with E-state index in [0.717, 1.165) is 24.1 Å². The van der Waals surface area contributed by atoms with Crippen molar-refractivity contribution in [3.63, 3.8) is 0 Å². The van der Waals surface area contributed by atoms with Crippen LogP contribution in [0.3, 0.4) is 0 Å². The van der Waals surface area contributed by atoms with E-state index < -0.39 is 0 Å². The molecule has 2 aromatic rings. The van der Waals surface area contributed by atoms with Crippen LogP contribution in [0, 0.1) is 0 Å². The number of benzene rings is 1. The topological polar surface area (TPSA) is 55.0 Å². The highest BCUT2D eigenvalue weighted by Gasteiger charge is 2.04. The zero-order chi connectivity index (χ0) is 12.6. The van der Waals surface area contributed by atoms with Gasteiger partial charge in [-0.05, 0) is 18.4 Å². The van der Waals surface area contributed by atoms with Gasteiger partial charge < -0.3 is 9.72 Å². The smallest absolute Gasteiger partial charge is 0.310 e. The van der Waals surface area contributed by atoms with Gasteiger partial charge in [-0.1, -0.05) is 30.3 Å². The summed E-state index contributed by atoms with van der Waals surface area (Å²) >= 11 is 0. The van der Waals surface area contributed by atoms with Gasteiger partial charge in [0.2, 0.25) is 0 Å². The summed E-state index contributed by atoms with van der Waals surface area (Å²) in [5.41, 5.74) is 2.05. The Hall–Kier alpha value is -2.10. The Kier molecular flexibility index (Phi) is 4.53. The number of H-pyrrole nitrogens is 1. The van der Waals surface area contributed by atoms with Crippen LogP contribution in [0.4, 0.5) is 0 Å². The largest absolute Gasteiger partial charge is 0.465 e. The van der Waals surface area contributed by atoms with E-state index >= 15 is 0 Å². The van der Waals surface area contributed by atoms with Crippen LogP contribution >= 0.6 is 0 Å². The van der Waals surface area contributed by atoms with Gasteiger partial charge in [-0.2, -0.15) is 0 Å². The van der Waals surface area contributed by atoms with Gasteiger partial charge in [0.15, 0.2) is 0 Å². The number of ether oxygens (including phenoxy) is 1. The van der Waals surface area contributed by atoms with Crippen molar-refractivity contribution < 1.29 is 9.53 Å². The molecule has 4 heteroatoms. The molecule has 1 heterocycles. The van der Waals surface area contributed by atoms with E-state index in [9.17, 15) is 4.79 Å².